The number of carbonyl (C=O) groups is 1. The minimum Gasteiger partial charge on any atom is -0.465 e. The Morgan fingerprint density at radius 2 is 2.31 bits per heavy atom. The number of rotatable bonds is 2. The number of aromatic nitrogens is 1. The number of aryl methyl sites for hydroxylation is 1. The molecule has 0 N–H and O–H groups in total. The molecule has 2 aromatic heterocycles. The summed E-state index contributed by atoms with van der Waals surface area (Å²) in [6.07, 6.45) is 1.77. The van der Waals surface area contributed by atoms with E-state index in [1.54, 1.807) is 24.5 Å². The molecule has 2 aromatic rings. The first kappa shape index (κ1) is 10.8. The van der Waals surface area contributed by atoms with Crippen molar-refractivity contribution in [3.8, 4) is 10.4 Å². The Kier molecular flexibility index (Phi) is 3.01. The predicted octanol–water partition coefficient (Wildman–Crippen LogP) is 2.91. The summed E-state index contributed by atoms with van der Waals surface area (Å²) in [5, 5.41) is 1.99. The van der Waals surface area contributed by atoms with Gasteiger partial charge in [0.2, 0.25) is 0 Å². The monoisotopic (exact) mass is 233 g/mol. The van der Waals surface area contributed by atoms with Gasteiger partial charge in [0, 0.05) is 16.6 Å². The van der Waals surface area contributed by atoms with Crippen molar-refractivity contribution in [2.45, 2.75) is 6.92 Å². The third-order valence-electron chi connectivity index (χ3n) is 2.30. The highest BCUT2D eigenvalue weighted by Crippen LogP contribution is 2.25. The minimum absolute atomic E-state index is 0.344. The second kappa shape index (κ2) is 4.45. The van der Waals surface area contributed by atoms with Crippen molar-refractivity contribution in [1.29, 1.82) is 0 Å². The second-order valence-electron chi connectivity index (χ2n) is 3.33. The van der Waals surface area contributed by atoms with Gasteiger partial charge in [-0.1, -0.05) is 6.07 Å². The zero-order chi connectivity index (χ0) is 11.5. The molecule has 0 aromatic carbocycles. The van der Waals surface area contributed by atoms with Crippen molar-refractivity contribution in [2.75, 3.05) is 7.11 Å². The highest BCUT2D eigenvalue weighted by Gasteiger charge is 2.12. The summed E-state index contributed by atoms with van der Waals surface area (Å²) < 4.78 is 4.71. The maximum absolute atomic E-state index is 11.5. The van der Waals surface area contributed by atoms with E-state index in [1.165, 1.54) is 7.11 Å². The summed E-state index contributed by atoms with van der Waals surface area (Å²) in [4.78, 5) is 16.8. The van der Waals surface area contributed by atoms with E-state index in [0.29, 0.717) is 11.3 Å². The predicted molar refractivity (Wildman–Crippen MR) is 63.6 cm³/mol. The molecule has 0 amide bonds. The summed E-state index contributed by atoms with van der Waals surface area (Å²) in [6.45, 7) is 1.80. The molecule has 2 rings (SSSR count). The maximum atomic E-state index is 11.5. The van der Waals surface area contributed by atoms with Crippen molar-refractivity contribution < 1.29 is 9.53 Å². The lowest BCUT2D eigenvalue weighted by atomic mass is 10.1. The van der Waals surface area contributed by atoms with E-state index in [4.69, 9.17) is 4.74 Å². The third kappa shape index (κ3) is 1.97. The number of methoxy groups -OCH3 is 1. The van der Waals surface area contributed by atoms with Crippen molar-refractivity contribution in [1.82, 2.24) is 4.98 Å². The fourth-order valence-electron chi connectivity index (χ4n) is 1.43. The van der Waals surface area contributed by atoms with Crippen LogP contribution in [0.4, 0.5) is 0 Å². The standard InChI is InChI=1S/C12H11NO2S/c1-8-10(12(14)15-2)6-9(7-13-8)11-4-3-5-16-11/h3-7H,1-2H3. The first-order valence-corrected chi connectivity index (χ1v) is 5.69. The molecule has 4 heteroatoms. The number of nitrogens with zero attached hydrogens (tertiary/aromatic N) is 1. The van der Waals surface area contributed by atoms with E-state index in [2.05, 4.69) is 4.98 Å². The van der Waals surface area contributed by atoms with Crippen LogP contribution in [0, 0.1) is 6.92 Å². The number of hydrogen-bond acceptors (Lipinski definition) is 4. The first-order chi connectivity index (χ1) is 7.72. The summed E-state index contributed by atoms with van der Waals surface area (Å²) in [6, 6.07) is 5.79. The van der Waals surface area contributed by atoms with Crippen molar-refractivity contribution in [3.63, 3.8) is 0 Å². The van der Waals surface area contributed by atoms with E-state index in [9.17, 15) is 4.79 Å². The van der Waals surface area contributed by atoms with Crippen LogP contribution in [0.1, 0.15) is 16.1 Å². The molecule has 0 atom stereocenters. The molecule has 0 radical (unpaired) electrons. The molecule has 0 aliphatic heterocycles. The quantitative estimate of drug-likeness (QED) is 0.749. The lowest BCUT2D eigenvalue weighted by Crippen LogP contribution is -2.05. The van der Waals surface area contributed by atoms with E-state index < -0.39 is 0 Å². The van der Waals surface area contributed by atoms with E-state index >= 15 is 0 Å². The van der Waals surface area contributed by atoms with Crippen LogP contribution in [0.2, 0.25) is 0 Å². The Hall–Kier alpha value is -1.68. The molecular weight excluding hydrogens is 222 g/mol. The van der Waals surface area contributed by atoms with Gasteiger partial charge < -0.3 is 4.74 Å². The van der Waals surface area contributed by atoms with Crippen molar-refractivity contribution in [2.24, 2.45) is 0 Å². The van der Waals surface area contributed by atoms with Gasteiger partial charge in [0.05, 0.1) is 18.4 Å². The lowest BCUT2D eigenvalue weighted by Gasteiger charge is -2.04. The smallest absolute Gasteiger partial charge is 0.339 e. The normalized spacial score (nSPS) is 10.1. The molecule has 0 spiro atoms. The van der Waals surface area contributed by atoms with Crippen LogP contribution in [0.15, 0.2) is 29.8 Å². The number of esters is 1. The largest absolute Gasteiger partial charge is 0.465 e. The lowest BCUT2D eigenvalue weighted by molar-refractivity contribution is 0.0599. The molecule has 0 saturated heterocycles. The molecule has 0 aliphatic rings. The molecule has 0 fully saturated rings. The Balaban J connectivity index is 2.47. The molecule has 2 heterocycles. The minimum atomic E-state index is -0.344. The molecule has 3 nitrogen and oxygen atoms in total. The highest BCUT2D eigenvalue weighted by molar-refractivity contribution is 7.13. The third-order valence-corrected chi connectivity index (χ3v) is 3.22. The number of thiophene rings is 1. The van der Waals surface area contributed by atoms with Crippen molar-refractivity contribution >= 4 is 17.3 Å². The summed E-state index contributed by atoms with van der Waals surface area (Å²) in [7, 11) is 1.37. The number of hydrogen-bond donors (Lipinski definition) is 0. The van der Waals surface area contributed by atoms with Crippen LogP contribution >= 0.6 is 11.3 Å². The van der Waals surface area contributed by atoms with Gasteiger partial charge in [-0.25, -0.2) is 4.79 Å². The Bertz CT molecular complexity index is 506. The van der Waals surface area contributed by atoms with Crippen LogP contribution in [-0.4, -0.2) is 18.1 Å². The molecule has 0 saturated carbocycles. The van der Waals surface area contributed by atoms with Crippen LogP contribution < -0.4 is 0 Å². The van der Waals surface area contributed by atoms with Gasteiger partial charge in [-0.15, -0.1) is 11.3 Å². The highest BCUT2D eigenvalue weighted by atomic mass is 32.1. The molecular formula is C12H11NO2S. The van der Waals surface area contributed by atoms with Gasteiger partial charge in [0.1, 0.15) is 0 Å². The van der Waals surface area contributed by atoms with E-state index in [1.807, 2.05) is 23.6 Å². The average Bonchev–Trinajstić information content (AvgIpc) is 2.82. The molecule has 82 valence electrons. The van der Waals surface area contributed by atoms with E-state index in [-0.39, 0.29) is 5.97 Å². The van der Waals surface area contributed by atoms with Gasteiger partial charge in [0.25, 0.3) is 0 Å². The Morgan fingerprint density at radius 1 is 1.50 bits per heavy atom. The van der Waals surface area contributed by atoms with Gasteiger partial charge >= 0.3 is 5.97 Å². The topological polar surface area (TPSA) is 39.2 Å². The molecule has 0 unspecified atom stereocenters. The van der Waals surface area contributed by atoms with E-state index in [0.717, 1.165) is 10.4 Å². The summed E-state index contributed by atoms with van der Waals surface area (Å²) in [5.41, 5.74) is 2.15. The maximum Gasteiger partial charge on any atom is 0.339 e. The molecule has 16 heavy (non-hydrogen) atoms. The van der Waals surface area contributed by atoms with Gasteiger partial charge in [0.15, 0.2) is 0 Å². The first-order valence-electron chi connectivity index (χ1n) is 4.81. The van der Waals surface area contributed by atoms with Gasteiger partial charge in [-0.2, -0.15) is 0 Å². The molecule has 0 aliphatic carbocycles. The van der Waals surface area contributed by atoms with Gasteiger partial charge in [-0.05, 0) is 24.4 Å². The number of ether oxygens (including phenoxy) is 1. The van der Waals surface area contributed by atoms with Crippen LogP contribution in [0.25, 0.3) is 10.4 Å². The summed E-state index contributed by atoms with van der Waals surface area (Å²) in [5.74, 6) is -0.344. The summed E-state index contributed by atoms with van der Waals surface area (Å²) >= 11 is 1.62. The van der Waals surface area contributed by atoms with Crippen LogP contribution in [0.3, 0.4) is 0 Å². The zero-order valence-electron chi connectivity index (χ0n) is 9.06. The number of pyridine rings is 1. The van der Waals surface area contributed by atoms with Crippen LogP contribution in [-0.2, 0) is 4.74 Å². The van der Waals surface area contributed by atoms with Gasteiger partial charge in [-0.3, -0.25) is 4.98 Å². The average molecular weight is 233 g/mol. The zero-order valence-corrected chi connectivity index (χ0v) is 9.88. The van der Waals surface area contributed by atoms with Crippen molar-refractivity contribution in [3.05, 3.63) is 41.0 Å². The SMILES string of the molecule is COC(=O)c1cc(-c2cccs2)cnc1C. The number of carbonyl (C=O) groups excluding carboxylic acids is 1. The fourth-order valence-corrected chi connectivity index (χ4v) is 2.14. The van der Waals surface area contributed by atoms with Crippen LogP contribution in [0.5, 0.6) is 0 Å². The Labute approximate surface area is 97.7 Å². The second-order valence-corrected chi connectivity index (χ2v) is 4.27. The fraction of sp³-hybridized carbons (Fsp3) is 0.167. The Morgan fingerprint density at radius 3 is 2.94 bits per heavy atom. The molecule has 0 bridgehead atoms.